The summed E-state index contributed by atoms with van der Waals surface area (Å²) in [6, 6.07) is 4.80. The van der Waals surface area contributed by atoms with Crippen LogP contribution in [0.4, 0.5) is 4.39 Å². The minimum atomic E-state index is -1.05. The van der Waals surface area contributed by atoms with Crippen molar-refractivity contribution in [3.63, 3.8) is 0 Å². The van der Waals surface area contributed by atoms with E-state index in [1.54, 1.807) is 6.07 Å². The van der Waals surface area contributed by atoms with Gasteiger partial charge in [0, 0.05) is 0 Å². The van der Waals surface area contributed by atoms with Gasteiger partial charge in [0.25, 0.3) is 0 Å². The molecule has 4 nitrogen and oxygen atoms in total. The molecular weight excluding hydrogens is 269 g/mol. The topological polar surface area (TPSA) is 66.4 Å². The van der Waals surface area contributed by atoms with Gasteiger partial charge in [0.2, 0.25) is 5.91 Å². The lowest BCUT2D eigenvalue weighted by Crippen LogP contribution is -2.41. The number of hydrogen-bond acceptors (Lipinski definition) is 3. The number of amides is 1. The Morgan fingerprint density at radius 1 is 1.47 bits per heavy atom. The third kappa shape index (κ3) is 5.74. The van der Waals surface area contributed by atoms with Crippen LogP contribution in [0.1, 0.15) is 12.0 Å². The van der Waals surface area contributed by atoms with E-state index >= 15 is 0 Å². The van der Waals surface area contributed by atoms with Crippen molar-refractivity contribution in [3.8, 4) is 0 Å². The Labute approximate surface area is 115 Å². The normalized spacial score (nSPS) is 11.9. The average molecular weight is 285 g/mol. The van der Waals surface area contributed by atoms with E-state index in [0.29, 0.717) is 17.7 Å². The molecule has 1 aromatic carbocycles. The van der Waals surface area contributed by atoms with Crippen LogP contribution in [0, 0.1) is 5.82 Å². The third-order valence-electron chi connectivity index (χ3n) is 2.50. The fourth-order valence-electron chi connectivity index (χ4n) is 1.57. The van der Waals surface area contributed by atoms with Crippen molar-refractivity contribution in [2.75, 3.05) is 12.0 Å². The van der Waals surface area contributed by atoms with Gasteiger partial charge in [0.1, 0.15) is 11.9 Å². The lowest BCUT2D eigenvalue weighted by atomic mass is 10.1. The van der Waals surface area contributed by atoms with E-state index in [4.69, 9.17) is 5.11 Å². The number of carbonyl (C=O) groups is 2. The highest BCUT2D eigenvalue weighted by Crippen LogP contribution is 2.05. The first-order valence-corrected chi connectivity index (χ1v) is 7.18. The number of aliphatic carboxylic acids is 1. The van der Waals surface area contributed by atoms with Crippen LogP contribution in [0.5, 0.6) is 0 Å². The molecule has 0 aliphatic heterocycles. The molecule has 0 spiro atoms. The molecule has 0 bridgehead atoms. The number of carboxylic acids is 1. The van der Waals surface area contributed by atoms with Gasteiger partial charge in [-0.25, -0.2) is 9.18 Å². The first-order valence-electron chi connectivity index (χ1n) is 5.78. The van der Waals surface area contributed by atoms with Crippen LogP contribution in [-0.4, -0.2) is 35.0 Å². The van der Waals surface area contributed by atoms with E-state index in [-0.39, 0.29) is 6.42 Å². The predicted molar refractivity (Wildman–Crippen MR) is 72.7 cm³/mol. The molecular formula is C13H16FNO3S. The number of nitrogens with one attached hydrogen (secondary N) is 1. The summed E-state index contributed by atoms with van der Waals surface area (Å²) in [5, 5.41) is 11.4. The molecule has 0 aliphatic rings. The number of halogens is 1. The molecule has 1 atom stereocenters. The molecule has 0 saturated heterocycles. The number of carboxylic acid groups (broad SMARTS) is 1. The molecule has 1 aromatic rings. The zero-order valence-corrected chi connectivity index (χ0v) is 11.4. The van der Waals surface area contributed by atoms with Crippen molar-refractivity contribution in [2.45, 2.75) is 18.9 Å². The van der Waals surface area contributed by atoms with E-state index < -0.39 is 23.7 Å². The van der Waals surface area contributed by atoms with E-state index in [2.05, 4.69) is 5.32 Å². The Kier molecular flexibility index (Phi) is 6.35. The molecule has 6 heteroatoms. The van der Waals surface area contributed by atoms with Gasteiger partial charge in [-0.15, -0.1) is 0 Å². The molecule has 0 radical (unpaired) electrons. The predicted octanol–water partition coefficient (Wildman–Crippen LogP) is 1.69. The van der Waals surface area contributed by atoms with Crippen LogP contribution in [0.3, 0.4) is 0 Å². The van der Waals surface area contributed by atoms with E-state index in [1.807, 2.05) is 6.26 Å². The molecule has 0 aromatic heterocycles. The Morgan fingerprint density at radius 3 is 2.79 bits per heavy atom. The van der Waals surface area contributed by atoms with Gasteiger partial charge < -0.3 is 10.4 Å². The maximum Gasteiger partial charge on any atom is 0.326 e. The fraction of sp³-hybridized carbons (Fsp3) is 0.385. The van der Waals surface area contributed by atoms with Crippen LogP contribution < -0.4 is 5.32 Å². The minimum absolute atomic E-state index is 0.0270. The highest BCUT2D eigenvalue weighted by atomic mass is 32.2. The maximum absolute atomic E-state index is 12.9. The largest absolute Gasteiger partial charge is 0.480 e. The maximum atomic E-state index is 12.9. The number of carbonyl (C=O) groups excluding carboxylic acids is 1. The molecule has 2 N–H and O–H groups in total. The number of hydrogen-bond donors (Lipinski definition) is 2. The van der Waals surface area contributed by atoms with Crippen molar-refractivity contribution >= 4 is 23.6 Å². The van der Waals surface area contributed by atoms with E-state index in [0.717, 1.165) is 0 Å². The van der Waals surface area contributed by atoms with Crippen molar-refractivity contribution in [1.29, 1.82) is 0 Å². The van der Waals surface area contributed by atoms with Crippen LogP contribution in [0.15, 0.2) is 24.3 Å². The van der Waals surface area contributed by atoms with E-state index in [1.165, 1.54) is 30.0 Å². The molecule has 1 rings (SSSR count). The highest BCUT2D eigenvalue weighted by molar-refractivity contribution is 7.98. The summed E-state index contributed by atoms with van der Waals surface area (Å²) in [7, 11) is 0. The summed E-state index contributed by atoms with van der Waals surface area (Å²) < 4.78 is 12.9. The van der Waals surface area contributed by atoms with Crippen molar-refractivity contribution in [3.05, 3.63) is 35.6 Å². The van der Waals surface area contributed by atoms with Crippen molar-refractivity contribution in [2.24, 2.45) is 0 Å². The number of thioether (sulfide) groups is 1. The second kappa shape index (κ2) is 7.78. The highest BCUT2D eigenvalue weighted by Gasteiger charge is 2.19. The smallest absolute Gasteiger partial charge is 0.326 e. The Bertz CT molecular complexity index is 453. The zero-order chi connectivity index (χ0) is 14.3. The fourth-order valence-corrected chi connectivity index (χ4v) is 2.04. The Hall–Kier alpha value is -1.56. The summed E-state index contributed by atoms with van der Waals surface area (Å²) in [4.78, 5) is 22.7. The molecule has 0 fully saturated rings. The third-order valence-corrected chi connectivity index (χ3v) is 3.14. The first kappa shape index (κ1) is 15.5. The Morgan fingerprint density at radius 2 is 2.21 bits per heavy atom. The quantitative estimate of drug-likeness (QED) is 0.800. The van der Waals surface area contributed by atoms with Crippen LogP contribution >= 0.6 is 11.8 Å². The van der Waals surface area contributed by atoms with Gasteiger partial charge in [-0.2, -0.15) is 11.8 Å². The zero-order valence-electron chi connectivity index (χ0n) is 10.6. The molecule has 0 aliphatic carbocycles. The Balaban J connectivity index is 2.55. The van der Waals surface area contributed by atoms with Crippen LogP contribution in [-0.2, 0) is 16.0 Å². The average Bonchev–Trinajstić information content (AvgIpc) is 2.34. The molecule has 19 heavy (non-hydrogen) atoms. The summed E-state index contributed by atoms with van der Waals surface area (Å²) in [6.45, 7) is 0. The van der Waals surface area contributed by atoms with Crippen molar-refractivity contribution < 1.29 is 19.1 Å². The van der Waals surface area contributed by atoms with Crippen LogP contribution in [0.25, 0.3) is 0 Å². The summed E-state index contributed by atoms with van der Waals surface area (Å²) in [6.07, 6.45) is 2.21. The lowest BCUT2D eigenvalue weighted by molar-refractivity contribution is -0.141. The van der Waals surface area contributed by atoms with Gasteiger partial charge >= 0.3 is 5.97 Å². The summed E-state index contributed by atoms with van der Waals surface area (Å²) in [5.41, 5.74) is 0.520. The SMILES string of the molecule is CSCC[C@@H](NC(=O)Cc1cccc(F)c1)C(=O)O. The van der Waals surface area contributed by atoms with Gasteiger partial charge in [0.15, 0.2) is 0 Å². The summed E-state index contributed by atoms with van der Waals surface area (Å²) in [5.74, 6) is -1.24. The van der Waals surface area contributed by atoms with Gasteiger partial charge in [-0.05, 0) is 36.1 Å². The number of benzene rings is 1. The summed E-state index contributed by atoms with van der Waals surface area (Å²) >= 11 is 1.52. The molecule has 1 amide bonds. The standard InChI is InChI=1S/C13H16FNO3S/c1-19-6-5-11(13(17)18)15-12(16)8-9-3-2-4-10(14)7-9/h2-4,7,11H,5-6,8H2,1H3,(H,15,16)(H,17,18)/t11-/m1/s1. The molecule has 0 heterocycles. The van der Waals surface area contributed by atoms with Gasteiger partial charge in [-0.1, -0.05) is 12.1 Å². The lowest BCUT2D eigenvalue weighted by Gasteiger charge is -2.13. The van der Waals surface area contributed by atoms with Gasteiger partial charge in [0.05, 0.1) is 6.42 Å². The molecule has 0 unspecified atom stereocenters. The van der Waals surface area contributed by atoms with Crippen molar-refractivity contribution in [1.82, 2.24) is 5.32 Å². The van der Waals surface area contributed by atoms with Crippen LogP contribution in [0.2, 0.25) is 0 Å². The molecule has 104 valence electrons. The molecule has 0 saturated carbocycles. The minimum Gasteiger partial charge on any atom is -0.480 e. The monoisotopic (exact) mass is 285 g/mol. The second-order valence-corrected chi connectivity index (χ2v) is 5.03. The number of rotatable bonds is 7. The van der Waals surface area contributed by atoms with E-state index in [9.17, 15) is 14.0 Å². The van der Waals surface area contributed by atoms with Gasteiger partial charge in [-0.3, -0.25) is 4.79 Å². The first-order chi connectivity index (χ1) is 9.02. The second-order valence-electron chi connectivity index (χ2n) is 4.05.